The zero-order chi connectivity index (χ0) is 10.1. The summed E-state index contributed by atoms with van der Waals surface area (Å²) in [4.78, 5) is 0. The molecule has 0 aliphatic rings. The Morgan fingerprint density at radius 2 is 1.54 bits per heavy atom. The van der Waals surface area contributed by atoms with Crippen LogP contribution in [-0.4, -0.2) is 18.6 Å². The van der Waals surface area contributed by atoms with Crippen LogP contribution >= 0.6 is 0 Å². The van der Waals surface area contributed by atoms with Gasteiger partial charge in [0.1, 0.15) is 0 Å². The molecule has 3 heteroatoms. The van der Waals surface area contributed by atoms with E-state index in [2.05, 4.69) is 0 Å². The van der Waals surface area contributed by atoms with E-state index >= 15 is 0 Å². The lowest BCUT2D eigenvalue weighted by Gasteiger charge is -2.11. The van der Waals surface area contributed by atoms with Crippen molar-refractivity contribution in [3.63, 3.8) is 0 Å². The summed E-state index contributed by atoms with van der Waals surface area (Å²) in [6, 6.07) is 0.668. The smallest absolute Gasteiger partial charge is 0.00388 e. The highest BCUT2D eigenvalue weighted by Gasteiger charge is 2.02. The SMILES string of the molecule is CC(N)CCCC(N)CCCCN. The number of hydrogen-bond donors (Lipinski definition) is 3. The highest BCUT2D eigenvalue weighted by molar-refractivity contribution is 4.63. The fourth-order valence-electron chi connectivity index (χ4n) is 1.40. The van der Waals surface area contributed by atoms with Crippen molar-refractivity contribution in [2.75, 3.05) is 6.54 Å². The fraction of sp³-hybridized carbons (Fsp3) is 1.00. The Hall–Kier alpha value is -0.120. The molecule has 3 nitrogen and oxygen atoms in total. The van der Waals surface area contributed by atoms with Crippen LogP contribution in [0.3, 0.4) is 0 Å². The normalized spacial score (nSPS) is 15.7. The van der Waals surface area contributed by atoms with E-state index in [0.29, 0.717) is 12.1 Å². The van der Waals surface area contributed by atoms with Gasteiger partial charge >= 0.3 is 0 Å². The first kappa shape index (κ1) is 12.9. The second-order valence-corrected chi connectivity index (χ2v) is 3.95. The first-order valence-electron chi connectivity index (χ1n) is 5.38. The van der Waals surface area contributed by atoms with E-state index in [0.717, 1.165) is 45.1 Å². The lowest BCUT2D eigenvalue weighted by atomic mass is 10.0. The van der Waals surface area contributed by atoms with Gasteiger partial charge in [0.05, 0.1) is 0 Å². The average molecular weight is 187 g/mol. The highest BCUT2D eigenvalue weighted by Crippen LogP contribution is 2.06. The Balaban J connectivity index is 3.15. The van der Waals surface area contributed by atoms with Gasteiger partial charge in [0.2, 0.25) is 0 Å². The molecular formula is C10H25N3. The summed E-state index contributed by atoms with van der Waals surface area (Å²) < 4.78 is 0. The Bertz CT molecular complexity index is 104. The molecule has 0 bridgehead atoms. The van der Waals surface area contributed by atoms with Crippen molar-refractivity contribution in [3.8, 4) is 0 Å². The van der Waals surface area contributed by atoms with Crippen LogP contribution in [0.25, 0.3) is 0 Å². The molecule has 0 aromatic heterocycles. The molecule has 80 valence electrons. The van der Waals surface area contributed by atoms with Gasteiger partial charge in [0.25, 0.3) is 0 Å². The summed E-state index contributed by atoms with van der Waals surface area (Å²) in [5, 5.41) is 0. The number of nitrogens with two attached hydrogens (primary N) is 3. The molecular weight excluding hydrogens is 162 g/mol. The lowest BCUT2D eigenvalue weighted by Crippen LogP contribution is -2.21. The molecule has 0 aromatic carbocycles. The van der Waals surface area contributed by atoms with E-state index in [1.807, 2.05) is 6.92 Å². The van der Waals surface area contributed by atoms with Gasteiger partial charge in [0, 0.05) is 12.1 Å². The van der Waals surface area contributed by atoms with E-state index in [1.54, 1.807) is 0 Å². The molecule has 0 aromatic rings. The van der Waals surface area contributed by atoms with Gasteiger partial charge in [-0.1, -0.05) is 12.8 Å². The van der Waals surface area contributed by atoms with E-state index < -0.39 is 0 Å². The molecule has 6 N–H and O–H groups in total. The molecule has 0 rings (SSSR count). The second kappa shape index (κ2) is 8.48. The molecule has 13 heavy (non-hydrogen) atoms. The van der Waals surface area contributed by atoms with Crippen LogP contribution in [0, 0.1) is 0 Å². The summed E-state index contributed by atoms with van der Waals surface area (Å²) in [5.74, 6) is 0. The molecule has 0 heterocycles. The van der Waals surface area contributed by atoms with Crippen molar-refractivity contribution >= 4 is 0 Å². The van der Waals surface area contributed by atoms with Crippen LogP contribution in [-0.2, 0) is 0 Å². The van der Waals surface area contributed by atoms with Crippen molar-refractivity contribution in [3.05, 3.63) is 0 Å². The predicted octanol–water partition coefficient (Wildman–Crippen LogP) is 0.960. The van der Waals surface area contributed by atoms with Gasteiger partial charge in [-0.3, -0.25) is 0 Å². The quantitative estimate of drug-likeness (QED) is 0.495. The number of rotatable bonds is 8. The van der Waals surface area contributed by atoms with Crippen molar-refractivity contribution in [2.24, 2.45) is 17.2 Å². The minimum atomic E-state index is 0.316. The molecule has 0 spiro atoms. The highest BCUT2D eigenvalue weighted by atomic mass is 14.6. The first-order chi connectivity index (χ1) is 6.16. The molecule has 0 saturated carbocycles. The topological polar surface area (TPSA) is 78.1 Å². The van der Waals surface area contributed by atoms with Crippen LogP contribution in [0.15, 0.2) is 0 Å². The monoisotopic (exact) mass is 187 g/mol. The molecule has 0 aliphatic heterocycles. The molecule has 0 radical (unpaired) electrons. The minimum Gasteiger partial charge on any atom is -0.330 e. The Kier molecular flexibility index (Phi) is 8.40. The van der Waals surface area contributed by atoms with Crippen molar-refractivity contribution in [1.29, 1.82) is 0 Å². The minimum absolute atomic E-state index is 0.316. The third-order valence-electron chi connectivity index (χ3n) is 2.26. The summed E-state index contributed by atoms with van der Waals surface area (Å²) in [6.45, 7) is 2.83. The third kappa shape index (κ3) is 9.80. The molecule has 2 atom stereocenters. The van der Waals surface area contributed by atoms with Crippen LogP contribution in [0.2, 0.25) is 0 Å². The largest absolute Gasteiger partial charge is 0.330 e. The maximum absolute atomic E-state index is 5.92. The summed E-state index contributed by atoms with van der Waals surface area (Å²) in [6.07, 6.45) is 6.71. The summed E-state index contributed by atoms with van der Waals surface area (Å²) >= 11 is 0. The van der Waals surface area contributed by atoms with Gasteiger partial charge in [-0.15, -0.1) is 0 Å². The molecule has 2 unspecified atom stereocenters. The summed E-state index contributed by atoms with van der Waals surface area (Å²) in [7, 11) is 0. The van der Waals surface area contributed by atoms with Gasteiger partial charge < -0.3 is 17.2 Å². The fourth-order valence-corrected chi connectivity index (χ4v) is 1.40. The van der Waals surface area contributed by atoms with E-state index in [-0.39, 0.29) is 0 Å². The van der Waals surface area contributed by atoms with Crippen molar-refractivity contribution < 1.29 is 0 Å². The van der Waals surface area contributed by atoms with Crippen molar-refractivity contribution in [1.82, 2.24) is 0 Å². The molecule has 0 amide bonds. The molecule has 0 saturated heterocycles. The maximum atomic E-state index is 5.92. The second-order valence-electron chi connectivity index (χ2n) is 3.95. The van der Waals surface area contributed by atoms with E-state index in [4.69, 9.17) is 17.2 Å². The third-order valence-corrected chi connectivity index (χ3v) is 2.26. The van der Waals surface area contributed by atoms with Gasteiger partial charge in [0.15, 0.2) is 0 Å². The van der Waals surface area contributed by atoms with Gasteiger partial charge in [-0.25, -0.2) is 0 Å². The first-order valence-corrected chi connectivity index (χ1v) is 5.38. The van der Waals surface area contributed by atoms with Crippen molar-refractivity contribution in [2.45, 2.75) is 57.5 Å². The van der Waals surface area contributed by atoms with Crippen LogP contribution < -0.4 is 17.2 Å². The Labute approximate surface area is 82.0 Å². The summed E-state index contributed by atoms with van der Waals surface area (Å²) in [5.41, 5.74) is 17.0. The van der Waals surface area contributed by atoms with Gasteiger partial charge in [-0.05, 0) is 39.2 Å². The average Bonchev–Trinajstić information content (AvgIpc) is 2.04. The van der Waals surface area contributed by atoms with E-state index in [1.165, 1.54) is 0 Å². The number of unbranched alkanes of at least 4 members (excludes halogenated alkanes) is 1. The zero-order valence-electron chi connectivity index (χ0n) is 8.84. The predicted molar refractivity (Wildman–Crippen MR) is 58.4 cm³/mol. The standard InChI is InChI=1S/C10H25N3/c1-9(12)5-4-7-10(13)6-2-3-8-11/h9-10H,2-8,11-13H2,1H3. The van der Waals surface area contributed by atoms with Gasteiger partial charge in [-0.2, -0.15) is 0 Å². The van der Waals surface area contributed by atoms with E-state index in [9.17, 15) is 0 Å². The Morgan fingerprint density at radius 1 is 0.923 bits per heavy atom. The maximum Gasteiger partial charge on any atom is 0.00388 e. The van der Waals surface area contributed by atoms with Crippen LogP contribution in [0.1, 0.15) is 45.4 Å². The Morgan fingerprint density at radius 3 is 2.08 bits per heavy atom. The molecule has 0 fully saturated rings. The number of hydrogen-bond acceptors (Lipinski definition) is 3. The van der Waals surface area contributed by atoms with Crippen LogP contribution in [0.4, 0.5) is 0 Å². The lowest BCUT2D eigenvalue weighted by molar-refractivity contribution is 0.492. The zero-order valence-corrected chi connectivity index (χ0v) is 8.84. The molecule has 0 aliphatic carbocycles. The van der Waals surface area contributed by atoms with Crippen LogP contribution in [0.5, 0.6) is 0 Å².